The van der Waals surface area contributed by atoms with Crippen molar-refractivity contribution in [2.75, 3.05) is 29.9 Å². The lowest BCUT2D eigenvalue weighted by Crippen LogP contribution is -2.31. The van der Waals surface area contributed by atoms with Crippen molar-refractivity contribution >= 4 is 46.1 Å². The fourth-order valence-corrected chi connectivity index (χ4v) is 5.89. The second kappa shape index (κ2) is 10.6. The average Bonchev–Trinajstić information content (AvgIpc) is 3.24. The first-order valence-corrected chi connectivity index (χ1v) is 13.4. The zero-order valence-corrected chi connectivity index (χ0v) is 20.6. The van der Waals surface area contributed by atoms with Crippen molar-refractivity contribution in [3.05, 3.63) is 83.4 Å². The molecule has 0 atom stereocenters. The molecular weight excluding hydrogens is 464 g/mol. The first-order valence-electron chi connectivity index (χ1n) is 11.3. The molecule has 1 aliphatic rings. The van der Waals surface area contributed by atoms with Crippen LogP contribution in [0.1, 0.15) is 27.2 Å². The van der Waals surface area contributed by atoms with Crippen molar-refractivity contribution in [2.24, 2.45) is 0 Å². The second-order valence-corrected chi connectivity index (χ2v) is 10.4. The first-order chi connectivity index (χ1) is 16.7. The smallest absolute Gasteiger partial charge is 0.291 e. The molecule has 34 heavy (non-hydrogen) atoms. The van der Waals surface area contributed by atoms with E-state index in [1.54, 1.807) is 18.5 Å². The van der Waals surface area contributed by atoms with Crippen molar-refractivity contribution in [2.45, 2.75) is 24.4 Å². The summed E-state index contributed by atoms with van der Waals surface area (Å²) in [6, 6.07) is 15.8. The molecule has 0 aliphatic carbocycles. The minimum absolute atomic E-state index is 0.246. The number of rotatable bonds is 7. The maximum Gasteiger partial charge on any atom is 0.291 e. The Morgan fingerprint density at radius 3 is 2.71 bits per heavy atom. The highest BCUT2D eigenvalue weighted by Crippen LogP contribution is 2.32. The van der Waals surface area contributed by atoms with Crippen LogP contribution in [0.5, 0.6) is 0 Å². The average molecular weight is 491 g/mol. The minimum atomic E-state index is -0.246. The molecule has 8 heteroatoms. The van der Waals surface area contributed by atoms with Crippen LogP contribution in [0.25, 0.3) is 11.0 Å². The summed E-state index contributed by atoms with van der Waals surface area (Å²) in [5.41, 5.74) is 4.66. The number of amides is 1. The fraction of sp³-hybridized carbons (Fsp3) is 0.269. The highest BCUT2D eigenvalue weighted by atomic mass is 32.2. The summed E-state index contributed by atoms with van der Waals surface area (Å²) in [5.74, 6) is 3.02. The molecule has 174 valence electrons. The second-order valence-electron chi connectivity index (χ2n) is 8.22. The summed E-state index contributed by atoms with van der Waals surface area (Å²) in [7, 11) is 0. The van der Waals surface area contributed by atoms with Gasteiger partial charge in [-0.05, 0) is 36.2 Å². The van der Waals surface area contributed by atoms with Crippen LogP contribution in [-0.4, -0.2) is 45.4 Å². The van der Waals surface area contributed by atoms with E-state index in [0.717, 1.165) is 41.8 Å². The van der Waals surface area contributed by atoms with Gasteiger partial charge in [-0.3, -0.25) is 9.69 Å². The molecule has 5 rings (SSSR count). The van der Waals surface area contributed by atoms with Gasteiger partial charge in [0.1, 0.15) is 5.58 Å². The molecule has 0 spiro atoms. The lowest BCUT2D eigenvalue weighted by atomic mass is 10.1. The van der Waals surface area contributed by atoms with Gasteiger partial charge in [-0.15, -0.1) is 0 Å². The predicted molar refractivity (Wildman–Crippen MR) is 140 cm³/mol. The normalized spacial score (nSPS) is 14.4. The van der Waals surface area contributed by atoms with E-state index in [9.17, 15) is 4.79 Å². The Labute approximate surface area is 207 Å². The van der Waals surface area contributed by atoms with Crippen LogP contribution < -0.4 is 5.32 Å². The Balaban J connectivity index is 1.35. The van der Waals surface area contributed by atoms with E-state index in [4.69, 9.17) is 4.42 Å². The molecule has 0 saturated carbocycles. The van der Waals surface area contributed by atoms with Gasteiger partial charge in [-0.1, -0.05) is 42.1 Å². The molecule has 1 saturated heterocycles. The standard InChI is InChI=1S/C26H26N4O2S2/c1-18-15-19(16-30-11-13-33-14-12-30)7-8-22(18)29-25(31)24-21(17-34-26-27-9-4-10-28-26)20-5-2-3-6-23(20)32-24/h2-10,15H,11-14,16-17H2,1H3,(H,29,31). The molecular formula is C26H26N4O2S2. The molecule has 4 aromatic rings. The molecule has 6 nitrogen and oxygen atoms in total. The number of para-hydroxylation sites is 1. The highest BCUT2D eigenvalue weighted by molar-refractivity contribution is 7.99. The number of benzene rings is 2. The molecule has 0 radical (unpaired) electrons. The Morgan fingerprint density at radius 1 is 1.12 bits per heavy atom. The maximum absolute atomic E-state index is 13.3. The number of carbonyl (C=O) groups excluding carboxylic acids is 1. The molecule has 0 bridgehead atoms. The Hall–Kier alpha value is -2.81. The van der Waals surface area contributed by atoms with Gasteiger partial charge in [-0.2, -0.15) is 11.8 Å². The zero-order chi connectivity index (χ0) is 23.3. The van der Waals surface area contributed by atoms with Crippen LogP contribution >= 0.6 is 23.5 Å². The predicted octanol–water partition coefficient (Wildman–Crippen LogP) is 5.62. The molecule has 2 aromatic carbocycles. The third-order valence-electron chi connectivity index (χ3n) is 5.84. The van der Waals surface area contributed by atoms with Crippen LogP contribution in [-0.2, 0) is 12.3 Å². The van der Waals surface area contributed by atoms with Gasteiger partial charge in [0.2, 0.25) is 0 Å². The Morgan fingerprint density at radius 2 is 1.91 bits per heavy atom. The van der Waals surface area contributed by atoms with Gasteiger partial charge in [0.15, 0.2) is 10.9 Å². The van der Waals surface area contributed by atoms with Crippen LogP contribution in [0.4, 0.5) is 5.69 Å². The number of hydrogen-bond donors (Lipinski definition) is 1. The van der Waals surface area contributed by atoms with Crippen molar-refractivity contribution in [1.82, 2.24) is 14.9 Å². The van der Waals surface area contributed by atoms with Gasteiger partial charge in [-0.25, -0.2) is 9.97 Å². The highest BCUT2D eigenvalue weighted by Gasteiger charge is 2.22. The molecule has 2 aromatic heterocycles. The fourth-order valence-electron chi connectivity index (χ4n) is 4.08. The van der Waals surface area contributed by atoms with Crippen LogP contribution in [0, 0.1) is 6.92 Å². The third kappa shape index (κ3) is 5.29. The van der Waals surface area contributed by atoms with E-state index in [0.29, 0.717) is 22.3 Å². The number of fused-ring (bicyclic) bond motifs is 1. The summed E-state index contributed by atoms with van der Waals surface area (Å²) in [4.78, 5) is 24.4. The van der Waals surface area contributed by atoms with Crippen LogP contribution in [0.15, 0.2) is 70.5 Å². The Kier molecular flexibility index (Phi) is 7.18. The van der Waals surface area contributed by atoms with Gasteiger partial charge in [0, 0.05) is 65.9 Å². The van der Waals surface area contributed by atoms with E-state index < -0.39 is 0 Å². The molecule has 1 aliphatic heterocycles. The van der Waals surface area contributed by atoms with Gasteiger partial charge in [0.05, 0.1) is 0 Å². The Bertz CT molecular complexity index is 1290. The van der Waals surface area contributed by atoms with E-state index in [-0.39, 0.29) is 5.91 Å². The number of aryl methyl sites for hydroxylation is 1. The lowest BCUT2D eigenvalue weighted by Gasteiger charge is -2.26. The largest absolute Gasteiger partial charge is 0.451 e. The number of nitrogens with one attached hydrogen (secondary N) is 1. The molecule has 1 N–H and O–H groups in total. The monoisotopic (exact) mass is 490 g/mol. The number of anilines is 1. The number of furan rings is 1. The number of nitrogens with zero attached hydrogens (tertiary/aromatic N) is 3. The quantitative estimate of drug-likeness (QED) is 0.266. The van der Waals surface area contributed by atoms with Crippen molar-refractivity contribution < 1.29 is 9.21 Å². The number of carbonyl (C=O) groups is 1. The van der Waals surface area contributed by atoms with E-state index in [1.807, 2.05) is 49.0 Å². The molecule has 1 fully saturated rings. The molecule has 0 unspecified atom stereocenters. The summed E-state index contributed by atoms with van der Waals surface area (Å²) < 4.78 is 6.01. The van der Waals surface area contributed by atoms with Gasteiger partial charge in [0.25, 0.3) is 5.91 Å². The van der Waals surface area contributed by atoms with E-state index in [2.05, 4.69) is 32.3 Å². The zero-order valence-electron chi connectivity index (χ0n) is 19.0. The summed E-state index contributed by atoms with van der Waals surface area (Å²) in [6.07, 6.45) is 3.43. The lowest BCUT2D eigenvalue weighted by molar-refractivity contribution is 0.0997. The molecule has 3 heterocycles. The van der Waals surface area contributed by atoms with Gasteiger partial charge >= 0.3 is 0 Å². The van der Waals surface area contributed by atoms with E-state index in [1.165, 1.54) is 28.8 Å². The number of hydrogen-bond acceptors (Lipinski definition) is 7. The van der Waals surface area contributed by atoms with Crippen molar-refractivity contribution in [3.63, 3.8) is 0 Å². The van der Waals surface area contributed by atoms with Crippen LogP contribution in [0.2, 0.25) is 0 Å². The number of aromatic nitrogens is 2. The summed E-state index contributed by atoms with van der Waals surface area (Å²) in [5, 5.41) is 4.66. The van der Waals surface area contributed by atoms with Gasteiger partial charge < -0.3 is 9.73 Å². The third-order valence-corrected chi connectivity index (χ3v) is 7.69. The van der Waals surface area contributed by atoms with Crippen LogP contribution in [0.3, 0.4) is 0 Å². The SMILES string of the molecule is Cc1cc(CN2CCSCC2)ccc1NC(=O)c1oc2ccccc2c1CSc1ncccn1. The number of thioether (sulfide) groups is 2. The molecule has 1 amide bonds. The maximum atomic E-state index is 13.3. The summed E-state index contributed by atoms with van der Waals surface area (Å²) >= 11 is 3.50. The van der Waals surface area contributed by atoms with Crippen molar-refractivity contribution in [3.8, 4) is 0 Å². The first kappa shape index (κ1) is 23.0. The minimum Gasteiger partial charge on any atom is -0.451 e. The summed E-state index contributed by atoms with van der Waals surface area (Å²) in [6.45, 7) is 5.24. The topological polar surface area (TPSA) is 71.3 Å². The van der Waals surface area contributed by atoms with Crippen molar-refractivity contribution in [1.29, 1.82) is 0 Å². The van der Waals surface area contributed by atoms with E-state index >= 15 is 0 Å².